The van der Waals surface area contributed by atoms with Gasteiger partial charge in [0, 0.05) is 18.6 Å². The van der Waals surface area contributed by atoms with Crippen molar-refractivity contribution >= 4 is 0 Å². The van der Waals surface area contributed by atoms with Crippen molar-refractivity contribution < 1.29 is 18.6 Å². The quantitative estimate of drug-likeness (QED) is 0.517. The molecule has 0 amide bonds. The van der Waals surface area contributed by atoms with Gasteiger partial charge in [0.1, 0.15) is 0 Å². The van der Waals surface area contributed by atoms with E-state index in [0.717, 1.165) is 6.04 Å². The SMILES string of the molecule is C[N-]C1CCC1.[V]. The molecule has 0 aromatic rings. The Morgan fingerprint density at radius 3 is 2.00 bits per heavy atom. The van der Waals surface area contributed by atoms with Crippen LogP contribution in [0.2, 0.25) is 0 Å². The van der Waals surface area contributed by atoms with Crippen LogP contribution in [-0.4, -0.2) is 13.1 Å². The van der Waals surface area contributed by atoms with Crippen molar-refractivity contribution in [1.29, 1.82) is 0 Å². The molecule has 7 heavy (non-hydrogen) atoms. The summed E-state index contributed by atoms with van der Waals surface area (Å²) in [6.45, 7) is 0. The molecule has 0 N–H and O–H groups in total. The van der Waals surface area contributed by atoms with Gasteiger partial charge in [-0.25, -0.2) is 0 Å². The third-order valence-electron chi connectivity index (χ3n) is 1.44. The summed E-state index contributed by atoms with van der Waals surface area (Å²) in [6.07, 6.45) is 4.09. The molecule has 1 rings (SSSR count). The largest absolute Gasteiger partial charge is 0.662 e. The second-order valence-electron chi connectivity index (χ2n) is 1.84. The Morgan fingerprint density at radius 1 is 1.43 bits per heavy atom. The molecule has 0 aliphatic heterocycles. The van der Waals surface area contributed by atoms with Crippen LogP contribution in [0.3, 0.4) is 0 Å². The van der Waals surface area contributed by atoms with Gasteiger partial charge in [-0.2, -0.15) is 7.05 Å². The molecule has 0 unspecified atom stereocenters. The van der Waals surface area contributed by atoms with Crippen molar-refractivity contribution in [2.75, 3.05) is 7.05 Å². The summed E-state index contributed by atoms with van der Waals surface area (Å²) in [4.78, 5) is 0. The Balaban J connectivity index is 0.000000360. The third-order valence-corrected chi connectivity index (χ3v) is 1.44. The maximum atomic E-state index is 4.09. The average Bonchev–Trinajstić information content (AvgIpc) is 1.31. The van der Waals surface area contributed by atoms with Gasteiger partial charge in [-0.15, -0.1) is 6.04 Å². The van der Waals surface area contributed by atoms with Crippen LogP contribution in [0.1, 0.15) is 19.3 Å². The van der Waals surface area contributed by atoms with Crippen LogP contribution in [-0.2, 0) is 18.6 Å². The minimum Gasteiger partial charge on any atom is -0.662 e. The van der Waals surface area contributed by atoms with E-state index in [0.29, 0.717) is 0 Å². The minimum absolute atomic E-state index is 0. The molecule has 0 atom stereocenters. The predicted molar refractivity (Wildman–Crippen MR) is 26.9 cm³/mol. The summed E-state index contributed by atoms with van der Waals surface area (Å²) >= 11 is 0. The van der Waals surface area contributed by atoms with E-state index >= 15 is 0 Å². The van der Waals surface area contributed by atoms with Crippen LogP contribution < -0.4 is 0 Å². The fourth-order valence-electron chi connectivity index (χ4n) is 0.645. The minimum atomic E-state index is 0. The molecule has 0 saturated heterocycles. The second kappa shape index (κ2) is 3.53. The molecule has 0 bridgehead atoms. The molecule has 0 aromatic heterocycles. The molecule has 1 aliphatic carbocycles. The van der Waals surface area contributed by atoms with Crippen LogP contribution in [0.4, 0.5) is 0 Å². The first-order chi connectivity index (χ1) is 2.93. The van der Waals surface area contributed by atoms with E-state index in [1.54, 1.807) is 0 Å². The molecule has 41 valence electrons. The number of nitrogens with zero attached hydrogens (tertiary/aromatic N) is 1. The third kappa shape index (κ3) is 1.85. The van der Waals surface area contributed by atoms with Crippen LogP contribution in [0, 0.1) is 0 Å². The molecule has 1 fully saturated rings. The molecule has 0 aromatic carbocycles. The van der Waals surface area contributed by atoms with E-state index in [2.05, 4.69) is 5.32 Å². The maximum Gasteiger partial charge on any atom is 0 e. The number of hydrogen-bond donors (Lipinski definition) is 0. The molecule has 2 heteroatoms. The van der Waals surface area contributed by atoms with Gasteiger partial charge in [0.15, 0.2) is 0 Å². The van der Waals surface area contributed by atoms with Gasteiger partial charge in [0.25, 0.3) is 0 Å². The van der Waals surface area contributed by atoms with Crippen molar-refractivity contribution in [2.24, 2.45) is 0 Å². The predicted octanol–water partition coefficient (Wildman–Crippen LogP) is 1.54. The molecule has 0 spiro atoms. The number of hydrogen-bond acceptors (Lipinski definition) is 0. The zero-order chi connectivity index (χ0) is 4.41. The summed E-state index contributed by atoms with van der Waals surface area (Å²) in [5, 5.41) is 4.09. The molecular formula is C5H10NV-. The maximum absolute atomic E-state index is 4.09. The smallest absolute Gasteiger partial charge is 0 e. The van der Waals surface area contributed by atoms with E-state index in [4.69, 9.17) is 0 Å². The van der Waals surface area contributed by atoms with Crippen molar-refractivity contribution in [2.45, 2.75) is 25.3 Å². The van der Waals surface area contributed by atoms with Crippen molar-refractivity contribution in [3.8, 4) is 0 Å². The first-order valence-corrected chi connectivity index (χ1v) is 2.52. The van der Waals surface area contributed by atoms with Crippen molar-refractivity contribution in [3.05, 3.63) is 5.32 Å². The van der Waals surface area contributed by atoms with E-state index in [9.17, 15) is 0 Å². The Hall–Kier alpha value is 0.544. The van der Waals surface area contributed by atoms with Crippen molar-refractivity contribution in [3.63, 3.8) is 0 Å². The van der Waals surface area contributed by atoms with Gasteiger partial charge in [0.2, 0.25) is 0 Å². The monoisotopic (exact) mass is 135 g/mol. The number of rotatable bonds is 1. The molecule has 1 nitrogen and oxygen atoms in total. The van der Waals surface area contributed by atoms with Crippen LogP contribution >= 0.6 is 0 Å². The zero-order valence-electron chi connectivity index (χ0n) is 4.59. The average molecular weight is 135 g/mol. The van der Waals surface area contributed by atoms with E-state index in [1.165, 1.54) is 19.3 Å². The topological polar surface area (TPSA) is 14.1 Å². The summed E-state index contributed by atoms with van der Waals surface area (Å²) in [5.41, 5.74) is 0. The van der Waals surface area contributed by atoms with Gasteiger partial charge < -0.3 is 5.32 Å². The Kier molecular flexibility index (Phi) is 3.81. The van der Waals surface area contributed by atoms with E-state index in [-0.39, 0.29) is 18.6 Å². The molecule has 0 heterocycles. The Morgan fingerprint density at radius 2 is 2.00 bits per heavy atom. The molecule has 1 radical (unpaired) electrons. The molecule has 1 aliphatic rings. The fourth-order valence-corrected chi connectivity index (χ4v) is 0.645. The van der Waals surface area contributed by atoms with Gasteiger partial charge >= 0.3 is 0 Å². The Labute approximate surface area is 56.8 Å². The summed E-state index contributed by atoms with van der Waals surface area (Å²) in [6, 6.07) is 0.741. The van der Waals surface area contributed by atoms with Gasteiger partial charge in [-0.3, -0.25) is 0 Å². The summed E-state index contributed by atoms with van der Waals surface area (Å²) < 4.78 is 0. The summed E-state index contributed by atoms with van der Waals surface area (Å²) in [7, 11) is 1.91. The van der Waals surface area contributed by atoms with Crippen LogP contribution in [0.5, 0.6) is 0 Å². The van der Waals surface area contributed by atoms with Crippen LogP contribution in [0.15, 0.2) is 0 Å². The van der Waals surface area contributed by atoms with Crippen molar-refractivity contribution in [1.82, 2.24) is 0 Å². The second-order valence-corrected chi connectivity index (χ2v) is 1.84. The zero-order valence-corrected chi connectivity index (χ0v) is 5.99. The summed E-state index contributed by atoms with van der Waals surface area (Å²) in [5.74, 6) is 0. The standard InChI is InChI=1S/C5H10N.V/c1-6-5-3-2-4-5;/h5H,2-4H2,1H3;/q-1;. The van der Waals surface area contributed by atoms with Gasteiger partial charge in [-0.05, 0) is 0 Å². The van der Waals surface area contributed by atoms with Gasteiger partial charge in [0.05, 0.1) is 0 Å². The first kappa shape index (κ1) is 7.54. The normalized spacial score (nSPS) is 20.1. The Bertz CT molecular complexity index is 40.6. The fraction of sp³-hybridized carbons (Fsp3) is 1.00. The van der Waals surface area contributed by atoms with Gasteiger partial charge in [-0.1, -0.05) is 19.3 Å². The first-order valence-electron chi connectivity index (χ1n) is 2.52. The molecule has 1 saturated carbocycles. The van der Waals surface area contributed by atoms with E-state index in [1.807, 2.05) is 7.05 Å². The van der Waals surface area contributed by atoms with Crippen LogP contribution in [0.25, 0.3) is 5.32 Å². The van der Waals surface area contributed by atoms with E-state index < -0.39 is 0 Å². The molecular weight excluding hydrogens is 125 g/mol.